The van der Waals surface area contributed by atoms with Crippen molar-refractivity contribution in [2.75, 3.05) is 6.61 Å². The van der Waals surface area contributed by atoms with Gasteiger partial charge < -0.3 is 9.84 Å². The lowest BCUT2D eigenvalue weighted by Crippen LogP contribution is -2.66. The van der Waals surface area contributed by atoms with Gasteiger partial charge in [-0.25, -0.2) is 0 Å². The van der Waals surface area contributed by atoms with E-state index in [0.717, 1.165) is 12.3 Å². The molecule has 0 aromatic carbocycles. The number of carbonyl (C=O) groups excluding carboxylic acids is 1. The lowest BCUT2D eigenvalue weighted by atomic mass is 9.32. The van der Waals surface area contributed by atoms with E-state index in [9.17, 15) is 9.90 Å². The molecule has 0 spiro atoms. The van der Waals surface area contributed by atoms with Crippen LogP contribution in [0.1, 0.15) is 120 Å². The largest absolute Gasteiger partial charge is 0.462 e. The Balaban J connectivity index is 1.51. The quantitative estimate of drug-likeness (QED) is 0.417. The Labute approximate surface area is 215 Å². The maximum Gasteiger partial charge on any atom is 0.302 e. The fraction of sp³-hybridized carbons (Fsp3) is 0.969. The molecule has 3 heteroatoms. The van der Waals surface area contributed by atoms with Crippen LogP contribution in [0.15, 0.2) is 0 Å². The molecule has 3 nitrogen and oxygen atoms in total. The van der Waals surface area contributed by atoms with Crippen LogP contribution >= 0.6 is 0 Å². The molecule has 0 saturated heterocycles. The Morgan fingerprint density at radius 2 is 1.46 bits per heavy atom. The van der Waals surface area contributed by atoms with Gasteiger partial charge in [0.15, 0.2) is 0 Å². The fourth-order valence-corrected chi connectivity index (χ4v) is 12.6. The summed E-state index contributed by atoms with van der Waals surface area (Å²) in [7, 11) is 0. The van der Waals surface area contributed by atoms with Crippen LogP contribution in [0.3, 0.4) is 0 Å². The summed E-state index contributed by atoms with van der Waals surface area (Å²) in [5.74, 6) is 3.74. The summed E-state index contributed by atoms with van der Waals surface area (Å²) in [6.07, 6.45) is 12.9. The number of rotatable bonds is 3. The second-order valence-corrected chi connectivity index (χ2v) is 15.6. The third-order valence-corrected chi connectivity index (χ3v) is 14.0. The molecule has 5 aliphatic rings. The summed E-state index contributed by atoms with van der Waals surface area (Å²) in [5.41, 5.74) is 1.41. The minimum atomic E-state index is -0.100. The Morgan fingerprint density at radius 3 is 2.03 bits per heavy atom. The first-order valence-corrected chi connectivity index (χ1v) is 15.0. The molecule has 5 fully saturated rings. The molecule has 200 valence electrons. The van der Waals surface area contributed by atoms with Crippen molar-refractivity contribution < 1.29 is 14.6 Å². The number of hydrogen-bond acceptors (Lipinski definition) is 3. The maximum atomic E-state index is 12.1. The second kappa shape index (κ2) is 8.21. The van der Waals surface area contributed by atoms with Gasteiger partial charge in [0.1, 0.15) is 6.10 Å². The van der Waals surface area contributed by atoms with Crippen LogP contribution in [0.25, 0.3) is 0 Å². The third kappa shape index (κ3) is 3.34. The first-order chi connectivity index (χ1) is 16.3. The molecule has 0 radical (unpaired) electrons. The minimum Gasteiger partial charge on any atom is -0.462 e. The van der Waals surface area contributed by atoms with Crippen LogP contribution in [-0.4, -0.2) is 23.8 Å². The molecule has 0 unspecified atom stereocenters. The van der Waals surface area contributed by atoms with Crippen molar-refractivity contribution in [3.05, 3.63) is 0 Å². The normalized spacial score (nSPS) is 55.5. The van der Waals surface area contributed by atoms with Crippen molar-refractivity contribution in [2.45, 2.75) is 126 Å². The van der Waals surface area contributed by atoms with E-state index in [1.54, 1.807) is 6.92 Å². The Bertz CT molecular complexity index is 852. The number of carbonyl (C=O) groups is 1. The summed E-state index contributed by atoms with van der Waals surface area (Å²) in [5, 5.41) is 10.5. The zero-order valence-electron chi connectivity index (χ0n) is 24.1. The van der Waals surface area contributed by atoms with Crippen LogP contribution < -0.4 is 0 Å². The first-order valence-electron chi connectivity index (χ1n) is 15.0. The van der Waals surface area contributed by atoms with E-state index < -0.39 is 0 Å². The Morgan fingerprint density at radius 1 is 0.857 bits per heavy atom. The van der Waals surface area contributed by atoms with Gasteiger partial charge in [0.25, 0.3) is 0 Å². The van der Waals surface area contributed by atoms with Crippen LogP contribution in [-0.2, 0) is 9.53 Å². The van der Waals surface area contributed by atoms with Gasteiger partial charge in [-0.05, 0) is 114 Å². The lowest BCUT2D eigenvalue weighted by Gasteiger charge is -2.73. The van der Waals surface area contributed by atoms with E-state index >= 15 is 0 Å². The van der Waals surface area contributed by atoms with E-state index in [4.69, 9.17) is 4.74 Å². The molecule has 1 N–H and O–H groups in total. The van der Waals surface area contributed by atoms with Crippen molar-refractivity contribution in [1.29, 1.82) is 0 Å². The summed E-state index contributed by atoms with van der Waals surface area (Å²) in [4.78, 5) is 12.1. The Kier molecular flexibility index (Phi) is 6.11. The highest BCUT2D eigenvalue weighted by atomic mass is 16.5. The van der Waals surface area contributed by atoms with Gasteiger partial charge in [-0.1, -0.05) is 54.9 Å². The van der Waals surface area contributed by atoms with Gasteiger partial charge in [0.05, 0.1) is 0 Å². The number of hydrogen-bond donors (Lipinski definition) is 1. The topological polar surface area (TPSA) is 46.5 Å². The molecule has 35 heavy (non-hydrogen) atoms. The van der Waals surface area contributed by atoms with Crippen molar-refractivity contribution in [3.8, 4) is 0 Å². The second-order valence-electron chi connectivity index (χ2n) is 15.6. The van der Waals surface area contributed by atoms with Gasteiger partial charge in [0.2, 0.25) is 0 Å². The van der Waals surface area contributed by atoms with Crippen molar-refractivity contribution in [1.82, 2.24) is 0 Å². The van der Waals surface area contributed by atoms with Crippen molar-refractivity contribution in [2.24, 2.45) is 62.6 Å². The molecule has 5 saturated carbocycles. The van der Waals surface area contributed by atoms with Crippen LogP contribution in [0, 0.1) is 62.6 Å². The fourth-order valence-electron chi connectivity index (χ4n) is 12.6. The van der Waals surface area contributed by atoms with Crippen LogP contribution in [0.2, 0.25) is 0 Å². The summed E-state index contributed by atoms with van der Waals surface area (Å²) >= 11 is 0. The van der Waals surface area contributed by atoms with Gasteiger partial charge >= 0.3 is 5.97 Å². The standard InChI is InChI=1S/C32H54O3/c1-20(2)27-22-12-16-31(7)26(30(22,6)18-23(27)35-21(3)34)11-10-25-29(5)15-9-14-28(4,19-33)24(29)13-17-32(25,31)8/h20,22-27,33H,9-19H2,1-8H3/t22-,23+,24-,25-,26+,27+,28+,29-,30-,31+,32+/m0/s1. The number of aliphatic hydroxyl groups is 1. The third-order valence-electron chi connectivity index (χ3n) is 14.0. The predicted octanol–water partition coefficient (Wildman–Crippen LogP) is 7.65. The zero-order valence-corrected chi connectivity index (χ0v) is 24.1. The Hall–Kier alpha value is -0.570. The molecule has 0 heterocycles. The molecular weight excluding hydrogens is 432 g/mol. The van der Waals surface area contributed by atoms with E-state index in [0.29, 0.717) is 52.4 Å². The molecule has 11 atom stereocenters. The van der Waals surface area contributed by atoms with Gasteiger partial charge in [-0.15, -0.1) is 0 Å². The average Bonchev–Trinajstić information content (AvgIpc) is 3.05. The highest BCUT2D eigenvalue weighted by molar-refractivity contribution is 5.66. The molecule has 0 aromatic heterocycles. The maximum absolute atomic E-state index is 12.1. The molecule has 5 rings (SSSR count). The zero-order chi connectivity index (χ0) is 25.6. The molecular formula is C32H54O3. The molecule has 5 aliphatic carbocycles. The summed E-state index contributed by atoms with van der Waals surface area (Å²) in [6, 6.07) is 0. The lowest BCUT2D eigenvalue weighted by molar-refractivity contribution is -0.245. The smallest absolute Gasteiger partial charge is 0.302 e. The molecule has 0 aromatic rings. The number of esters is 1. The van der Waals surface area contributed by atoms with Crippen molar-refractivity contribution >= 4 is 5.97 Å². The highest BCUT2D eigenvalue weighted by Gasteiger charge is 2.71. The van der Waals surface area contributed by atoms with Gasteiger partial charge in [-0.3, -0.25) is 4.79 Å². The van der Waals surface area contributed by atoms with Crippen LogP contribution in [0.4, 0.5) is 0 Å². The van der Waals surface area contributed by atoms with Crippen molar-refractivity contribution in [3.63, 3.8) is 0 Å². The molecule has 0 aliphatic heterocycles. The van der Waals surface area contributed by atoms with E-state index in [2.05, 4.69) is 48.5 Å². The van der Waals surface area contributed by atoms with E-state index in [-0.39, 0.29) is 22.9 Å². The monoisotopic (exact) mass is 486 g/mol. The number of ether oxygens (including phenoxy) is 1. The minimum absolute atomic E-state index is 0.0900. The van der Waals surface area contributed by atoms with Crippen LogP contribution in [0.5, 0.6) is 0 Å². The number of fused-ring (bicyclic) bond motifs is 7. The highest BCUT2D eigenvalue weighted by Crippen LogP contribution is 2.78. The van der Waals surface area contributed by atoms with E-state index in [1.807, 2.05) is 0 Å². The molecule has 0 bridgehead atoms. The molecule has 0 amide bonds. The van der Waals surface area contributed by atoms with Gasteiger partial charge in [-0.2, -0.15) is 0 Å². The first kappa shape index (κ1) is 26.1. The van der Waals surface area contributed by atoms with Gasteiger partial charge in [0, 0.05) is 19.4 Å². The predicted molar refractivity (Wildman–Crippen MR) is 142 cm³/mol. The SMILES string of the molecule is CC(=O)O[C@@H]1C[C@]2(C)[C@H]3CC[C@H]4[C@@]5(C)CCC[C@](C)(CO)[C@@H]5CC[C@@]4(C)[C@]3(C)CC[C@H]2[C@H]1C(C)C. The summed E-state index contributed by atoms with van der Waals surface area (Å²) in [6.45, 7) is 19.6. The van der Waals surface area contributed by atoms with E-state index in [1.165, 1.54) is 57.8 Å². The summed E-state index contributed by atoms with van der Waals surface area (Å²) < 4.78 is 6.05. The number of aliphatic hydroxyl groups excluding tert-OH is 1. The average molecular weight is 487 g/mol.